The van der Waals surface area contributed by atoms with Gasteiger partial charge >= 0.3 is 0 Å². The molecular formula is C24H42O3Si. The zero-order valence-electron chi connectivity index (χ0n) is 19.4. The maximum absolute atomic E-state index is 6.72. The van der Waals surface area contributed by atoms with Crippen LogP contribution in [-0.4, -0.2) is 28.1 Å². The van der Waals surface area contributed by atoms with Crippen molar-refractivity contribution in [2.75, 3.05) is 13.7 Å². The molecule has 0 aromatic heterocycles. The van der Waals surface area contributed by atoms with E-state index >= 15 is 0 Å². The standard InChI is InChI=1S/C24H42O3Si/c1-10-20(3)23(27-28(8,9)24(4,5)6)16-11-19(2)17-26-18-21-12-14-22(25-7)15-13-21/h10,12-15,19-20,23H,1,11,16-18H2,2-9H3. The fourth-order valence-corrected chi connectivity index (χ4v) is 4.21. The predicted octanol–water partition coefficient (Wildman–Crippen LogP) is 6.84. The van der Waals surface area contributed by atoms with E-state index < -0.39 is 8.32 Å². The van der Waals surface area contributed by atoms with Crippen LogP contribution in [0.4, 0.5) is 0 Å². The molecule has 0 spiro atoms. The molecule has 0 aliphatic carbocycles. The second-order valence-corrected chi connectivity index (χ2v) is 14.3. The van der Waals surface area contributed by atoms with Crippen molar-refractivity contribution in [3.63, 3.8) is 0 Å². The summed E-state index contributed by atoms with van der Waals surface area (Å²) in [5, 5.41) is 0.221. The van der Waals surface area contributed by atoms with Crippen molar-refractivity contribution in [1.29, 1.82) is 0 Å². The molecule has 28 heavy (non-hydrogen) atoms. The van der Waals surface area contributed by atoms with Crippen LogP contribution in [0.25, 0.3) is 0 Å². The van der Waals surface area contributed by atoms with Crippen molar-refractivity contribution in [2.45, 2.75) is 78.3 Å². The van der Waals surface area contributed by atoms with Gasteiger partial charge in [0, 0.05) is 6.61 Å². The molecule has 1 rings (SSSR count). The Morgan fingerprint density at radius 3 is 2.18 bits per heavy atom. The third kappa shape index (κ3) is 8.10. The van der Waals surface area contributed by atoms with Gasteiger partial charge in [-0.25, -0.2) is 0 Å². The van der Waals surface area contributed by atoms with Crippen molar-refractivity contribution in [2.24, 2.45) is 11.8 Å². The summed E-state index contributed by atoms with van der Waals surface area (Å²) in [7, 11) is -0.103. The van der Waals surface area contributed by atoms with E-state index in [2.05, 4.69) is 66.4 Å². The molecule has 0 saturated carbocycles. The minimum absolute atomic E-state index is 0.221. The fraction of sp³-hybridized carbons (Fsp3) is 0.667. The summed E-state index contributed by atoms with van der Waals surface area (Å²) in [6.45, 7) is 21.4. The molecule has 0 bridgehead atoms. The summed E-state index contributed by atoms with van der Waals surface area (Å²) in [6, 6.07) is 8.06. The normalized spacial score (nSPS) is 15.7. The summed E-state index contributed by atoms with van der Waals surface area (Å²) in [5.41, 5.74) is 1.17. The Kier molecular flexibility index (Phi) is 9.95. The van der Waals surface area contributed by atoms with Gasteiger partial charge in [0.2, 0.25) is 0 Å². The van der Waals surface area contributed by atoms with Crippen molar-refractivity contribution < 1.29 is 13.9 Å². The molecule has 3 atom stereocenters. The van der Waals surface area contributed by atoms with Gasteiger partial charge in [0.1, 0.15) is 5.75 Å². The van der Waals surface area contributed by atoms with E-state index in [0.29, 0.717) is 18.4 Å². The van der Waals surface area contributed by atoms with Crippen molar-refractivity contribution in [3.8, 4) is 5.75 Å². The van der Waals surface area contributed by atoms with Gasteiger partial charge in [-0.3, -0.25) is 0 Å². The number of benzene rings is 1. The van der Waals surface area contributed by atoms with Gasteiger partial charge in [-0.15, -0.1) is 6.58 Å². The maximum Gasteiger partial charge on any atom is 0.192 e. The highest BCUT2D eigenvalue weighted by Crippen LogP contribution is 2.39. The van der Waals surface area contributed by atoms with Crippen molar-refractivity contribution in [3.05, 3.63) is 42.5 Å². The molecule has 0 radical (unpaired) electrons. The van der Waals surface area contributed by atoms with Crippen LogP contribution in [0.3, 0.4) is 0 Å². The third-order valence-corrected chi connectivity index (χ3v) is 10.5. The Morgan fingerprint density at radius 1 is 1.07 bits per heavy atom. The molecule has 0 heterocycles. The second-order valence-electron chi connectivity index (χ2n) is 9.56. The number of ether oxygens (including phenoxy) is 2. The lowest BCUT2D eigenvalue weighted by Gasteiger charge is -2.40. The molecule has 160 valence electrons. The van der Waals surface area contributed by atoms with E-state index in [-0.39, 0.29) is 11.1 Å². The van der Waals surface area contributed by atoms with Gasteiger partial charge in [-0.05, 0) is 60.5 Å². The van der Waals surface area contributed by atoms with Crippen molar-refractivity contribution in [1.82, 2.24) is 0 Å². The highest BCUT2D eigenvalue weighted by atomic mass is 28.4. The first-order valence-electron chi connectivity index (χ1n) is 10.5. The maximum atomic E-state index is 6.72. The van der Waals surface area contributed by atoms with Crippen molar-refractivity contribution >= 4 is 8.32 Å². The number of rotatable bonds is 12. The van der Waals surface area contributed by atoms with Gasteiger partial charge in [0.05, 0.1) is 19.8 Å². The van der Waals surface area contributed by atoms with Gasteiger partial charge in [-0.2, -0.15) is 0 Å². The lowest BCUT2D eigenvalue weighted by atomic mass is 9.96. The summed E-state index contributed by atoms with van der Waals surface area (Å²) < 4.78 is 17.8. The molecule has 1 aromatic carbocycles. The van der Waals surface area contributed by atoms with E-state index in [1.807, 2.05) is 18.2 Å². The number of hydrogen-bond donors (Lipinski definition) is 0. The van der Waals surface area contributed by atoms with E-state index in [9.17, 15) is 0 Å². The summed E-state index contributed by atoms with van der Waals surface area (Å²) in [5.74, 6) is 1.74. The van der Waals surface area contributed by atoms with Crippen LogP contribution < -0.4 is 4.74 Å². The second kappa shape index (κ2) is 11.2. The molecule has 0 amide bonds. The minimum atomic E-state index is -1.79. The summed E-state index contributed by atoms with van der Waals surface area (Å²) >= 11 is 0. The van der Waals surface area contributed by atoms with E-state index in [4.69, 9.17) is 13.9 Å². The number of methoxy groups -OCH3 is 1. The lowest BCUT2D eigenvalue weighted by molar-refractivity contribution is 0.0771. The average Bonchev–Trinajstić information content (AvgIpc) is 2.64. The first-order chi connectivity index (χ1) is 13.0. The molecule has 0 aliphatic heterocycles. The Bertz CT molecular complexity index is 575. The molecule has 0 fully saturated rings. The Balaban J connectivity index is 2.49. The lowest BCUT2D eigenvalue weighted by Crippen LogP contribution is -2.45. The largest absolute Gasteiger partial charge is 0.497 e. The molecule has 1 aromatic rings. The monoisotopic (exact) mass is 406 g/mol. The van der Waals surface area contributed by atoms with Gasteiger partial charge in [-0.1, -0.05) is 52.8 Å². The zero-order valence-corrected chi connectivity index (χ0v) is 20.4. The predicted molar refractivity (Wildman–Crippen MR) is 122 cm³/mol. The van der Waals surface area contributed by atoms with Gasteiger partial charge < -0.3 is 13.9 Å². The van der Waals surface area contributed by atoms with Gasteiger partial charge in [0.15, 0.2) is 8.32 Å². The molecule has 0 aliphatic rings. The van der Waals surface area contributed by atoms with Crippen LogP contribution in [0.15, 0.2) is 36.9 Å². The van der Waals surface area contributed by atoms with E-state index in [1.165, 1.54) is 5.56 Å². The first kappa shape index (κ1) is 24.9. The molecule has 0 N–H and O–H groups in total. The van der Waals surface area contributed by atoms with Crippen LogP contribution in [0, 0.1) is 11.8 Å². The molecule has 3 nitrogen and oxygen atoms in total. The Labute approximate surface area is 174 Å². The average molecular weight is 407 g/mol. The van der Waals surface area contributed by atoms with Crippen LogP contribution in [0.5, 0.6) is 5.75 Å². The highest BCUT2D eigenvalue weighted by molar-refractivity contribution is 6.74. The Morgan fingerprint density at radius 2 is 1.68 bits per heavy atom. The minimum Gasteiger partial charge on any atom is -0.497 e. The number of hydrogen-bond acceptors (Lipinski definition) is 3. The SMILES string of the molecule is C=CC(C)C(CCC(C)COCc1ccc(OC)cc1)O[Si](C)(C)C(C)(C)C. The van der Waals surface area contributed by atoms with E-state index in [1.54, 1.807) is 7.11 Å². The summed E-state index contributed by atoms with van der Waals surface area (Å²) in [4.78, 5) is 0. The topological polar surface area (TPSA) is 27.7 Å². The van der Waals surface area contributed by atoms with Crippen LogP contribution in [0.1, 0.15) is 53.0 Å². The quantitative estimate of drug-likeness (QED) is 0.281. The first-order valence-corrected chi connectivity index (χ1v) is 13.4. The summed E-state index contributed by atoms with van der Waals surface area (Å²) in [6.07, 6.45) is 4.41. The third-order valence-electron chi connectivity index (χ3n) is 5.98. The van der Waals surface area contributed by atoms with Crippen LogP contribution in [-0.2, 0) is 15.8 Å². The molecule has 4 heteroatoms. The van der Waals surface area contributed by atoms with Crippen LogP contribution >= 0.6 is 0 Å². The van der Waals surface area contributed by atoms with E-state index in [0.717, 1.165) is 25.2 Å². The van der Waals surface area contributed by atoms with Crippen LogP contribution in [0.2, 0.25) is 18.1 Å². The highest BCUT2D eigenvalue weighted by Gasteiger charge is 2.39. The zero-order chi connectivity index (χ0) is 21.4. The fourth-order valence-electron chi connectivity index (χ4n) is 2.77. The molecule has 0 saturated heterocycles. The smallest absolute Gasteiger partial charge is 0.192 e. The molecular weight excluding hydrogens is 364 g/mol. The Hall–Kier alpha value is -1.10. The molecule has 3 unspecified atom stereocenters. The van der Waals surface area contributed by atoms with Gasteiger partial charge in [0.25, 0.3) is 0 Å².